The van der Waals surface area contributed by atoms with Gasteiger partial charge in [-0.25, -0.2) is 0 Å². The van der Waals surface area contributed by atoms with Crippen molar-refractivity contribution in [2.75, 3.05) is 4.90 Å². The molecule has 0 aliphatic heterocycles. The second-order valence-corrected chi connectivity index (χ2v) is 17.2. The first-order valence-electron chi connectivity index (χ1n) is 22.2. The van der Waals surface area contributed by atoms with E-state index in [-0.39, 0.29) is 5.41 Å². The largest absolute Gasteiger partial charge is 0.310 e. The molecule has 2 aliphatic carbocycles. The molecule has 0 saturated carbocycles. The molecule has 298 valence electrons. The molecule has 0 fully saturated rings. The van der Waals surface area contributed by atoms with E-state index in [1.807, 2.05) is 0 Å². The van der Waals surface area contributed by atoms with E-state index >= 15 is 0 Å². The Kier molecular flexibility index (Phi) is 8.20. The monoisotopic (exact) mass is 811 g/mol. The van der Waals surface area contributed by atoms with Crippen LogP contribution >= 0.6 is 0 Å². The second-order valence-electron chi connectivity index (χ2n) is 17.2. The molecule has 11 aromatic rings. The molecule has 2 aliphatic rings. The van der Waals surface area contributed by atoms with Crippen molar-refractivity contribution in [1.82, 2.24) is 0 Å². The lowest BCUT2D eigenvalue weighted by molar-refractivity contribution is 0.794. The highest BCUT2D eigenvalue weighted by molar-refractivity contribution is 5.99. The normalized spacial score (nSPS) is 12.8. The number of hydrogen-bond acceptors (Lipinski definition) is 1. The number of benzene rings is 11. The Hall–Kier alpha value is -8.26. The molecule has 0 bridgehead atoms. The van der Waals surface area contributed by atoms with Crippen molar-refractivity contribution in [3.05, 3.63) is 271 Å². The highest BCUT2D eigenvalue weighted by atomic mass is 15.1. The van der Waals surface area contributed by atoms with Gasteiger partial charge in [0, 0.05) is 17.1 Å². The molecule has 64 heavy (non-hydrogen) atoms. The Morgan fingerprint density at radius 1 is 0.234 bits per heavy atom. The van der Waals surface area contributed by atoms with Crippen molar-refractivity contribution in [1.29, 1.82) is 0 Å². The predicted molar refractivity (Wildman–Crippen MR) is 269 cm³/mol. The number of hydrogen-bond donors (Lipinski definition) is 0. The Labute approximate surface area is 373 Å². The highest BCUT2D eigenvalue weighted by Gasteiger charge is 2.51. The molecule has 0 unspecified atom stereocenters. The molecule has 0 N–H and O–H groups in total. The maximum atomic E-state index is 2.44. The summed E-state index contributed by atoms with van der Waals surface area (Å²) in [6, 6.07) is 92.0. The standard InChI is InChI=1S/C63H41N/c1-2-15-46-39-48(28-27-42(46)13-1)44-31-35-51(36-32-44)64(50-33-29-43(30-34-50)47-17-11-18-49(40-47)54-23-12-16-45-14-3-4-19-53(45)54)52-37-38-62-58(41-52)57-22-7-10-26-61(57)63(62)59-24-8-5-20-55(59)56-21-6-9-25-60(56)63/h1-41H. The van der Waals surface area contributed by atoms with Gasteiger partial charge < -0.3 is 4.90 Å². The van der Waals surface area contributed by atoms with Crippen molar-refractivity contribution < 1.29 is 0 Å². The first-order chi connectivity index (χ1) is 31.7. The number of nitrogens with zero attached hydrogens (tertiary/aromatic N) is 1. The van der Waals surface area contributed by atoms with Crippen LogP contribution in [-0.2, 0) is 5.41 Å². The van der Waals surface area contributed by atoms with Crippen LogP contribution in [0, 0.1) is 0 Å². The zero-order valence-electron chi connectivity index (χ0n) is 35.1. The van der Waals surface area contributed by atoms with Gasteiger partial charge in [-0.15, -0.1) is 0 Å². The number of anilines is 3. The van der Waals surface area contributed by atoms with Crippen LogP contribution in [-0.4, -0.2) is 0 Å². The fraction of sp³-hybridized carbons (Fsp3) is 0.0159. The summed E-state index contributed by atoms with van der Waals surface area (Å²) in [4.78, 5) is 2.42. The Balaban J connectivity index is 0.945. The minimum absolute atomic E-state index is 0.383. The SMILES string of the molecule is c1cc(-c2ccc(N(c3ccc(-c4ccc5ccccc5c4)cc3)c3ccc4c(c3)-c3ccccc3C43c4ccccc4-c4ccccc43)cc2)cc(-c2cccc3ccccc23)c1. The number of rotatable bonds is 6. The van der Waals surface area contributed by atoms with Crippen LogP contribution in [0.15, 0.2) is 249 Å². The van der Waals surface area contributed by atoms with Crippen LogP contribution in [0.3, 0.4) is 0 Å². The van der Waals surface area contributed by atoms with E-state index in [1.54, 1.807) is 0 Å². The van der Waals surface area contributed by atoms with Crippen LogP contribution in [0.2, 0.25) is 0 Å². The lowest BCUT2D eigenvalue weighted by Gasteiger charge is -2.31. The van der Waals surface area contributed by atoms with E-state index in [0.29, 0.717) is 0 Å². The molecular weight excluding hydrogens is 771 g/mol. The minimum atomic E-state index is -0.383. The first-order valence-corrected chi connectivity index (χ1v) is 22.2. The van der Waals surface area contributed by atoms with E-state index in [9.17, 15) is 0 Å². The van der Waals surface area contributed by atoms with Gasteiger partial charge in [-0.05, 0) is 148 Å². The van der Waals surface area contributed by atoms with Gasteiger partial charge in [0.05, 0.1) is 5.41 Å². The summed E-state index contributed by atoms with van der Waals surface area (Å²) in [7, 11) is 0. The van der Waals surface area contributed by atoms with Crippen LogP contribution in [0.4, 0.5) is 17.1 Å². The lowest BCUT2D eigenvalue weighted by Crippen LogP contribution is -2.25. The molecule has 0 aromatic heterocycles. The van der Waals surface area contributed by atoms with Gasteiger partial charge in [-0.2, -0.15) is 0 Å². The summed E-state index contributed by atoms with van der Waals surface area (Å²) >= 11 is 0. The molecule has 1 nitrogen and oxygen atoms in total. The van der Waals surface area contributed by atoms with Gasteiger partial charge >= 0.3 is 0 Å². The quantitative estimate of drug-likeness (QED) is 0.162. The van der Waals surface area contributed by atoms with Gasteiger partial charge in [0.15, 0.2) is 0 Å². The minimum Gasteiger partial charge on any atom is -0.310 e. The second kappa shape index (κ2) is 14.4. The molecule has 0 saturated heterocycles. The third kappa shape index (κ3) is 5.51. The molecule has 11 aromatic carbocycles. The molecule has 0 amide bonds. The summed E-state index contributed by atoms with van der Waals surface area (Å²) in [6.45, 7) is 0. The zero-order valence-corrected chi connectivity index (χ0v) is 35.1. The summed E-state index contributed by atoms with van der Waals surface area (Å²) in [5, 5.41) is 5.02. The Bertz CT molecular complexity index is 3560. The lowest BCUT2D eigenvalue weighted by atomic mass is 9.70. The molecule has 1 spiro atoms. The number of fused-ring (bicyclic) bond motifs is 12. The summed E-state index contributed by atoms with van der Waals surface area (Å²) in [6.07, 6.45) is 0. The average molecular weight is 812 g/mol. The fourth-order valence-electron chi connectivity index (χ4n) is 11.0. The van der Waals surface area contributed by atoms with E-state index in [2.05, 4.69) is 254 Å². The zero-order chi connectivity index (χ0) is 42.2. The van der Waals surface area contributed by atoms with Crippen molar-refractivity contribution in [2.45, 2.75) is 5.41 Å². The van der Waals surface area contributed by atoms with Crippen LogP contribution in [0.25, 0.3) is 77.2 Å². The molecular formula is C63H41N. The maximum absolute atomic E-state index is 2.44. The third-order valence-electron chi connectivity index (χ3n) is 13.9. The van der Waals surface area contributed by atoms with Gasteiger partial charge in [-0.1, -0.05) is 200 Å². The summed E-state index contributed by atoms with van der Waals surface area (Å²) in [5.41, 5.74) is 20.8. The predicted octanol–water partition coefficient (Wildman–Crippen LogP) is 16.8. The molecule has 1 heteroatoms. The Morgan fingerprint density at radius 3 is 1.36 bits per heavy atom. The van der Waals surface area contributed by atoms with E-state index in [1.165, 1.54) is 99.4 Å². The van der Waals surface area contributed by atoms with E-state index in [4.69, 9.17) is 0 Å². The van der Waals surface area contributed by atoms with E-state index < -0.39 is 0 Å². The van der Waals surface area contributed by atoms with Gasteiger partial charge in [-0.3, -0.25) is 0 Å². The third-order valence-corrected chi connectivity index (χ3v) is 13.9. The van der Waals surface area contributed by atoms with Crippen molar-refractivity contribution in [3.8, 4) is 55.6 Å². The smallest absolute Gasteiger partial charge is 0.0725 e. The summed E-state index contributed by atoms with van der Waals surface area (Å²) in [5.74, 6) is 0. The molecule has 0 heterocycles. The fourth-order valence-corrected chi connectivity index (χ4v) is 11.0. The maximum Gasteiger partial charge on any atom is 0.0725 e. The van der Waals surface area contributed by atoms with Crippen LogP contribution < -0.4 is 4.90 Å². The molecule has 13 rings (SSSR count). The van der Waals surface area contributed by atoms with Gasteiger partial charge in [0.1, 0.15) is 0 Å². The van der Waals surface area contributed by atoms with E-state index in [0.717, 1.165) is 17.1 Å². The summed E-state index contributed by atoms with van der Waals surface area (Å²) < 4.78 is 0. The average Bonchev–Trinajstić information content (AvgIpc) is 3.84. The topological polar surface area (TPSA) is 3.24 Å². The molecule has 0 radical (unpaired) electrons. The van der Waals surface area contributed by atoms with Crippen molar-refractivity contribution in [2.24, 2.45) is 0 Å². The first kappa shape index (κ1) is 36.4. The highest BCUT2D eigenvalue weighted by Crippen LogP contribution is 2.63. The van der Waals surface area contributed by atoms with Crippen molar-refractivity contribution >= 4 is 38.6 Å². The van der Waals surface area contributed by atoms with Crippen LogP contribution in [0.5, 0.6) is 0 Å². The van der Waals surface area contributed by atoms with Gasteiger partial charge in [0.25, 0.3) is 0 Å². The van der Waals surface area contributed by atoms with Crippen molar-refractivity contribution in [3.63, 3.8) is 0 Å². The Morgan fingerprint density at radius 2 is 0.688 bits per heavy atom. The van der Waals surface area contributed by atoms with Gasteiger partial charge in [0.2, 0.25) is 0 Å². The molecule has 0 atom stereocenters. The van der Waals surface area contributed by atoms with Crippen LogP contribution in [0.1, 0.15) is 22.3 Å².